The summed E-state index contributed by atoms with van der Waals surface area (Å²) in [5.74, 6) is -0.792. The molecule has 6 nitrogen and oxygen atoms in total. The minimum atomic E-state index is -3.88. The van der Waals surface area contributed by atoms with Gasteiger partial charge in [0.15, 0.2) is 5.78 Å². The lowest BCUT2D eigenvalue weighted by Gasteiger charge is -2.08. The molecule has 9 heteroatoms. The van der Waals surface area contributed by atoms with Crippen molar-refractivity contribution in [2.24, 2.45) is 0 Å². The highest BCUT2D eigenvalue weighted by molar-refractivity contribution is 7.89. The summed E-state index contributed by atoms with van der Waals surface area (Å²) < 4.78 is 40.3. The Morgan fingerprint density at radius 1 is 1.03 bits per heavy atom. The van der Waals surface area contributed by atoms with E-state index in [9.17, 15) is 17.6 Å². The lowest BCUT2D eigenvalue weighted by Crippen LogP contribution is -2.23. The predicted octanol–water partition coefficient (Wildman–Crippen LogP) is 4.05. The van der Waals surface area contributed by atoms with E-state index in [2.05, 4.69) is 9.71 Å². The Bertz CT molecular complexity index is 1180. The van der Waals surface area contributed by atoms with Gasteiger partial charge < -0.3 is 5.11 Å². The van der Waals surface area contributed by atoms with Crippen LogP contribution in [-0.2, 0) is 29.6 Å². The minimum Gasteiger partial charge on any atom is -0.392 e. The van der Waals surface area contributed by atoms with Crippen LogP contribution in [0.5, 0.6) is 0 Å². The molecule has 0 aliphatic carbocycles. The number of nitrogens with one attached hydrogen (secondary N) is 1. The maximum Gasteiger partial charge on any atom is 0.240 e. The van der Waals surface area contributed by atoms with Crippen LogP contribution < -0.4 is 4.72 Å². The number of benzene rings is 2. The SMILES string of the molecule is O=C(CCCc1ccc(CO)cc1)c1ccc(CNS(=O)(=O)c2ccc(F)c(Cl)c2)cn1. The van der Waals surface area contributed by atoms with Crippen LogP contribution in [0.25, 0.3) is 0 Å². The first-order valence-corrected chi connectivity index (χ1v) is 11.8. The number of pyridine rings is 1. The van der Waals surface area contributed by atoms with Crippen LogP contribution in [0.1, 0.15) is 40.0 Å². The molecule has 3 aromatic rings. The smallest absolute Gasteiger partial charge is 0.240 e. The summed E-state index contributed by atoms with van der Waals surface area (Å²) in [5.41, 5.74) is 2.82. The Hall–Kier alpha value is -2.65. The van der Waals surface area contributed by atoms with Crippen LogP contribution in [0.4, 0.5) is 4.39 Å². The van der Waals surface area contributed by atoms with Gasteiger partial charge >= 0.3 is 0 Å². The first-order valence-electron chi connectivity index (χ1n) is 9.90. The molecule has 0 aliphatic heterocycles. The summed E-state index contributed by atoms with van der Waals surface area (Å²) in [7, 11) is -3.88. The predicted molar refractivity (Wildman–Crippen MR) is 119 cm³/mol. The molecule has 0 amide bonds. The lowest BCUT2D eigenvalue weighted by atomic mass is 10.0. The molecule has 0 saturated heterocycles. The molecular weight excluding hydrogens is 455 g/mol. The third-order valence-electron chi connectivity index (χ3n) is 4.85. The number of aryl methyl sites for hydroxylation is 1. The van der Waals surface area contributed by atoms with Crippen molar-refractivity contribution >= 4 is 27.4 Å². The highest BCUT2D eigenvalue weighted by Crippen LogP contribution is 2.19. The van der Waals surface area contributed by atoms with Gasteiger partial charge in [0, 0.05) is 19.2 Å². The van der Waals surface area contributed by atoms with Gasteiger partial charge in [-0.3, -0.25) is 9.78 Å². The van der Waals surface area contributed by atoms with E-state index in [1.165, 1.54) is 6.20 Å². The Kier molecular flexibility index (Phi) is 8.09. The van der Waals surface area contributed by atoms with E-state index in [1.54, 1.807) is 12.1 Å². The molecule has 0 saturated carbocycles. The summed E-state index contributed by atoms with van der Waals surface area (Å²) in [4.78, 5) is 16.4. The molecule has 2 N–H and O–H groups in total. The number of aliphatic hydroxyl groups is 1. The molecule has 0 aliphatic rings. The topological polar surface area (TPSA) is 96.4 Å². The van der Waals surface area contributed by atoms with Gasteiger partial charge in [-0.1, -0.05) is 41.9 Å². The molecule has 2 aromatic carbocycles. The zero-order valence-corrected chi connectivity index (χ0v) is 18.7. The number of aliphatic hydroxyl groups excluding tert-OH is 1. The van der Waals surface area contributed by atoms with Crippen molar-refractivity contribution in [3.63, 3.8) is 0 Å². The Morgan fingerprint density at radius 3 is 2.34 bits per heavy atom. The fraction of sp³-hybridized carbons (Fsp3) is 0.217. The van der Waals surface area contributed by atoms with Crippen molar-refractivity contribution in [3.05, 3.63) is 94.0 Å². The molecule has 1 heterocycles. The average molecular weight is 477 g/mol. The van der Waals surface area contributed by atoms with Gasteiger partial charge in [0.05, 0.1) is 16.5 Å². The molecule has 1 aromatic heterocycles. The fourth-order valence-corrected chi connectivity index (χ4v) is 4.28. The molecule has 0 radical (unpaired) electrons. The summed E-state index contributed by atoms with van der Waals surface area (Å²) in [6.07, 6.45) is 3.19. The van der Waals surface area contributed by atoms with E-state index in [0.29, 0.717) is 24.1 Å². The molecule has 168 valence electrons. The maximum absolute atomic E-state index is 13.2. The van der Waals surface area contributed by atoms with Crippen molar-refractivity contribution in [2.75, 3.05) is 0 Å². The quantitative estimate of drug-likeness (QED) is 0.430. The summed E-state index contributed by atoms with van der Waals surface area (Å²) in [6.45, 7) is -0.0366. The standard InChI is InChI=1S/C23H22ClFN2O4S/c24-20-12-19(9-10-21(20)25)32(30,31)27-14-18-8-11-22(26-13-18)23(29)3-1-2-16-4-6-17(15-28)7-5-16/h4-13,27-28H,1-3,14-15H2. The minimum absolute atomic E-state index is 0.00245. The number of carbonyl (C=O) groups is 1. The molecule has 0 atom stereocenters. The zero-order valence-electron chi connectivity index (χ0n) is 17.1. The van der Waals surface area contributed by atoms with Crippen molar-refractivity contribution < 1.29 is 22.7 Å². The normalized spacial score (nSPS) is 11.5. The third kappa shape index (κ3) is 6.43. The molecule has 0 unspecified atom stereocenters. The molecule has 3 rings (SSSR count). The second kappa shape index (κ2) is 10.8. The van der Waals surface area contributed by atoms with E-state index in [-0.39, 0.29) is 28.9 Å². The van der Waals surface area contributed by atoms with Crippen molar-refractivity contribution in [2.45, 2.75) is 37.3 Å². The lowest BCUT2D eigenvalue weighted by molar-refractivity contribution is 0.0975. The molecule has 0 spiro atoms. The number of aromatic nitrogens is 1. The first kappa shape index (κ1) is 24.0. The zero-order chi connectivity index (χ0) is 23.1. The summed E-state index contributed by atoms with van der Waals surface area (Å²) >= 11 is 5.65. The van der Waals surface area contributed by atoms with Gasteiger partial charge in [-0.05, 0) is 53.8 Å². The van der Waals surface area contributed by atoms with Crippen LogP contribution >= 0.6 is 11.6 Å². The second-order valence-corrected chi connectivity index (χ2v) is 9.38. The van der Waals surface area contributed by atoms with E-state index in [0.717, 1.165) is 35.7 Å². The van der Waals surface area contributed by atoms with Gasteiger partial charge in [0.1, 0.15) is 11.5 Å². The largest absolute Gasteiger partial charge is 0.392 e. The highest BCUT2D eigenvalue weighted by atomic mass is 35.5. The van der Waals surface area contributed by atoms with Gasteiger partial charge in [0.25, 0.3) is 0 Å². The summed E-state index contributed by atoms with van der Waals surface area (Å²) in [6, 6.07) is 13.9. The number of nitrogens with zero attached hydrogens (tertiary/aromatic N) is 1. The van der Waals surface area contributed by atoms with Crippen LogP contribution in [0, 0.1) is 5.82 Å². The average Bonchev–Trinajstić information content (AvgIpc) is 2.80. The summed E-state index contributed by atoms with van der Waals surface area (Å²) in [5, 5.41) is 8.79. The van der Waals surface area contributed by atoms with E-state index in [4.69, 9.17) is 16.7 Å². The van der Waals surface area contributed by atoms with Crippen molar-refractivity contribution in [3.8, 4) is 0 Å². The van der Waals surface area contributed by atoms with Crippen LogP contribution in [-0.4, -0.2) is 24.3 Å². The molecule has 0 fully saturated rings. The van der Waals surface area contributed by atoms with E-state index < -0.39 is 15.8 Å². The number of carbonyl (C=O) groups excluding carboxylic acids is 1. The first-order chi connectivity index (χ1) is 15.3. The van der Waals surface area contributed by atoms with Gasteiger partial charge in [0.2, 0.25) is 10.0 Å². The number of hydrogen-bond donors (Lipinski definition) is 2. The maximum atomic E-state index is 13.2. The van der Waals surface area contributed by atoms with Crippen LogP contribution in [0.15, 0.2) is 65.7 Å². The number of Topliss-reactive ketones (excluding diaryl/α,β-unsaturated/α-hetero) is 1. The molecule has 32 heavy (non-hydrogen) atoms. The van der Waals surface area contributed by atoms with Gasteiger partial charge in [-0.2, -0.15) is 0 Å². The number of rotatable bonds is 10. The van der Waals surface area contributed by atoms with Crippen LogP contribution in [0.2, 0.25) is 5.02 Å². The Labute approximate surface area is 191 Å². The molecule has 0 bridgehead atoms. The second-order valence-electron chi connectivity index (χ2n) is 7.20. The Morgan fingerprint density at radius 2 is 1.72 bits per heavy atom. The van der Waals surface area contributed by atoms with Crippen molar-refractivity contribution in [1.82, 2.24) is 9.71 Å². The number of halogens is 2. The van der Waals surface area contributed by atoms with Gasteiger partial charge in [-0.15, -0.1) is 0 Å². The van der Waals surface area contributed by atoms with Gasteiger partial charge in [-0.25, -0.2) is 17.5 Å². The number of hydrogen-bond acceptors (Lipinski definition) is 5. The highest BCUT2D eigenvalue weighted by Gasteiger charge is 2.16. The van der Waals surface area contributed by atoms with Crippen molar-refractivity contribution in [1.29, 1.82) is 0 Å². The third-order valence-corrected chi connectivity index (χ3v) is 6.54. The fourth-order valence-electron chi connectivity index (χ4n) is 2.99. The molecular formula is C23H22ClFN2O4S. The van der Waals surface area contributed by atoms with Crippen LogP contribution in [0.3, 0.4) is 0 Å². The Balaban J connectivity index is 1.51. The number of sulfonamides is 1. The monoisotopic (exact) mass is 476 g/mol. The van der Waals surface area contributed by atoms with E-state index >= 15 is 0 Å². The number of ketones is 1. The van der Waals surface area contributed by atoms with E-state index in [1.807, 2.05) is 24.3 Å².